The van der Waals surface area contributed by atoms with Crippen LogP contribution in [0, 0.1) is 17.8 Å². The highest BCUT2D eigenvalue weighted by molar-refractivity contribution is 4.89. The molecule has 0 amide bonds. The van der Waals surface area contributed by atoms with E-state index in [1.165, 1.54) is 25.7 Å². The van der Waals surface area contributed by atoms with E-state index in [2.05, 4.69) is 32.2 Å². The summed E-state index contributed by atoms with van der Waals surface area (Å²) in [7, 11) is 0. The van der Waals surface area contributed by atoms with Crippen molar-refractivity contribution in [3.8, 4) is 0 Å². The highest BCUT2D eigenvalue weighted by Gasteiger charge is 2.24. The van der Waals surface area contributed by atoms with Gasteiger partial charge in [0.25, 0.3) is 0 Å². The van der Waals surface area contributed by atoms with E-state index in [0.717, 1.165) is 17.8 Å². The summed E-state index contributed by atoms with van der Waals surface area (Å²) in [6, 6.07) is 0. The molecule has 68 valence electrons. The second-order valence-corrected chi connectivity index (χ2v) is 4.09. The highest BCUT2D eigenvalue weighted by atomic mass is 14.3. The third-order valence-corrected chi connectivity index (χ3v) is 3.28. The van der Waals surface area contributed by atoms with Gasteiger partial charge in [-0.15, -0.1) is 5.73 Å². The van der Waals surface area contributed by atoms with Gasteiger partial charge in [-0.25, -0.2) is 0 Å². The Morgan fingerprint density at radius 3 is 2.83 bits per heavy atom. The number of rotatable bonds is 2. The van der Waals surface area contributed by atoms with E-state index in [1.807, 2.05) is 0 Å². The minimum atomic E-state index is 0.767. The van der Waals surface area contributed by atoms with Gasteiger partial charge in [0.15, 0.2) is 0 Å². The fourth-order valence-electron chi connectivity index (χ4n) is 2.34. The summed E-state index contributed by atoms with van der Waals surface area (Å²) < 4.78 is 0. The van der Waals surface area contributed by atoms with Gasteiger partial charge in [0.05, 0.1) is 0 Å². The van der Waals surface area contributed by atoms with Crippen LogP contribution in [0.3, 0.4) is 0 Å². The Hall–Kier alpha value is -0.480. The van der Waals surface area contributed by atoms with Crippen molar-refractivity contribution in [2.24, 2.45) is 17.8 Å². The van der Waals surface area contributed by atoms with E-state index in [-0.39, 0.29) is 0 Å². The number of hydrogen-bond acceptors (Lipinski definition) is 0. The molecule has 3 atom stereocenters. The van der Waals surface area contributed by atoms with Gasteiger partial charge in [-0.2, -0.15) is 0 Å². The summed E-state index contributed by atoms with van der Waals surface area (Å²) in [5.41, 5.74) is 2.92. The second-order valence-electron chi connectivity index (χ2n) is 4.09. The maximum absolute atomic E-state index is 3.64. The van der Waals surface area contributed by atoms with Gasteiger partial charge in [-0.3, -0.25) is 0 Å². The molecular weight excluding hydrogens is 144 g/mol. The lowest BCUT2D eigenvalue weighted by atomic mass is 9.74. The van der Waals surface area contributed by atoms with E-state index >= 15 is 0 Å². The molecule has 1 aliphatic carbocycles. The molecule has 0 aliphatic heterocycles. The van der Waals surface area contributed by atoms with Gasteiger partial charge < -0.3 is 0 Å². The van der Waals surface area contributed by atoms with Gasteiger partial charge in [0.1, 0.15) is 0 Å². The molecule has 0 heterocycles. The van der Waals surface area contributed by atoms with Crippen LogP contribution >= 0.6 is 0 Å². The summed E-state index contributed by atoms with van der Waals surface area (Å²) in [6.07, 6.45) is 7.60. The summed E-state index contributed by atoms with van der Waals surface area (Å²) >= 11 is 0. The maximum Gasteiger partial charge on any atom is -0.0155 e. The first-order valence-corrected chi connectivity index (χ1v) is 5.13. The largest absolute Gasteiger partial charge is 0.133 e. The van der Waals surface area contributed by atoms with Gasteiger partial charge >= 0.3 is 0 Å². The Morgan fingerprint density at radius 2 is 2.25 bits per heavy atom. The summed E-state index contributed by atoms with van der Waals surface area (Å²) in [5, 5.41) is 0. The van der Waals surface area contributed by atoms with Gasteiger partial charge in [0, 0.05) is 0 Å². The zero-order valence-corrected chi connectivity index (χ0v) is 8.34. The third kappa shape index (κ3) is 2.25. The average molecular weight is 164 g/mol. The third-order valence-electron chi connectivity index (χ3n) is 3.28. The maximum atomic E-state index is 3.64. The van der Waals surface area contributed by atoms with E-state index in [9.17, 15) is 0 Å². The molecule has 3 unspecified atom stereocenters. The molecule has 0 nitrogen and oxygen atoms in total. The van der Waals surface area contributed by atoms with Crippen LogP contribution in [0.2, 0.25) is 0 Å². The monoisotopic (exact) mass is 164 g/mol. The molecular formula is C12H20. The molecule has 0 aromatic rings. The highest BCUT2D eigenvalue weighted by Crippen LogP contribution is 2.35. The Balaban J connectivity index is 2.49. The van der Waals surface area contributed by atoms with Gasteiger partial charge in [-0.1, -0.05) is 26.8 Å². The normalized spacial score (nSPS) is 35.7. The molecule has 0 heteroatoms. The Labute approximate surface area is 76.4 Å². The predicted molar refractivity (Wildman–Crippen MR) is 54.0 cm³/mol. The average Bonchev–Trinajstić information content (AvgIpc) is 2.09. The molecule has 0 bridgehead atoms. The molecule has 12 heavy (non-hydrogen) atoms. The first kappa shape index (κ1) is 9.61. The summed E-state index contributed by atoms with van der Waals surface area (Å²) in [5.74, 6) is 2.64. The van der Waals surface area contributed by atoms with Crippen molar-refractivity contribution in [1.29, 1.82) is 0 Å². The van der Waals surface area contributed by atoms with Crippen LogP contribution in [0.5, 0.6) is 0 Å². The topological polar surface area (TPSA) is 0 Å². The van der Waals surface area contributed by atoms with Crippen LogP contribution in [-0.4, -0.2) is 0 Å². The fraction of sp³-hybridized carbons (Fsp3) is 0.750. The SMILES string of the molecule is C=C=CC1CCC(C)C(CC)C1. The molecule has 0 aromatic carbocycles. The molecule has 1 rings (SSSR count). The Kier molecular flexibility index (Phi) is 3.62. The smallest absolute Gasteiger partial charge is 0.0155 e. The zero-order valence-electron chi connectivity index (χ0n) is 8.34. The molecule has 1 saturated carbocycles. The molecule has 0 aromatic heterocycles. The molecule has 0 spiro atoms. The first-order valence-electron chi connectivity index (χ1n) is 5.13. The van der Waals surface area contributed by atoms with Crippen LogP contribution in [0.4, 0.5) is 0 Å². The standard InChI is InChI=1S/C12H20/c1-4-6-11-8-7-10(3)12(5-2)9-11/h6,10-12H,1,5,7-9H2,2-3H3. The zero-order chi connectivity index (χ0) is 8.97. The van der Waals surface area contributed by atoms with Crippen molar-refractivity contribution in [3.63, 3.8) is 0 Å². The van der Waals surface area contributed by atoms with E-state index in [0.29, 0.717) is 0 Å². The van der Waals surface area contributed by atoms with E-state index in [1.54, 1.807) is 0 Å². The lowest BCUT2D eigenvalue weighted by molar-refractivity contribution is 0.213. The molecule has 0 saturated heterocycles. The fourth-order valence-corrected chi connectivity index (χ4v) is 2.34. The molecule has 1 aliphatic rings. The second kappa shape index (κ2) is 4.52. The van der Waals surface area contributed by atoms with Crippen LogP contribution in [0.1, 0.15) is 39.5 Å². The minimum Gasteiger partial charge on any atom is -0.133 e. The van der Waals surface area contributed by atoms with Crippen molar-refractivity contribution in [3.05, 3.63) is 18.4 Å². The van der Waals surface area contributed by atoms with Crippen molar-refractivity contribution in [2.45, 2.75) is 39.5 Å². The first-order chi connectivity index (χ1) is 5.77. The lowest BCUT2D eigenvalue weighted by Crippen LogP contribution is -2.21. The molecule has 0 N–H and O–H groups in total. The van der Waals surface area contributed by atoms with E-state index in [4.69, 9.17) is 0 Å². The van der Waals surface area contributed by atoms with Crippen molar-refractivity contribution in [1.82, 2.24) is 0 Å². The van der Waals surface area contributed by atoms with Crippen molar-refractivity contribution < 1.29 is 0 Å². The predicted octanol–water partition coefficient (Wildman–Crippen LogP) is 3.79. The van der Waals surface area contributed by atoms with Gasteiger partial charge in [-0.05, 0) is 43.1 Å². The van der Waals surface area contributed by atoms with Crippen LogP contribution < -0.4 is 0 Å². The summed E-state index contributed by atoms with van der Waals surface area (Å²) in [4.78, 5) is 0. The number of allylic oxidation sites excluding steroid dienone is 1. The van der Waals surface area contributed by atoms with Crippen molar-refractivity contribution >= 4 is 0 Å². The van der Waals surface area contributed by atoms with Crippen LogP contribution in [-0.2, 0) is 0 Å². The number of hydrogen-bond donors (Lipinski definition) is 0. The van der Waals surface area contributed by atoms with E-state index < -0.39 is 0 Å². The Bertz CT molecular complexity index is 174. The molecule has 1 fully saturated rings. The van der Waals surface area contributed by atoms with Gasteiger partial charge in [0.2, 0.25) is 0 Å². The summed E-state index contributed by atoms with van der Waals surface area (Å²) in [6.45, 7) is 8.34. The van der Waals surface area contributed by atoms with Crippen molar-refractivity contribution in [2.75, 3.05) is 0 Å². The van der Waals surface area contributed by atoms with Crippen LogP contribution in [0.25, 0.3) is 0 Å². The molecule has 0 radical (unpaired) electrons. The minimum absolute atomic E-state index is 0.767. The quantitative estimate of drug-likeness (QED) is 0.545. The Morgan fingerprint density at radius 1 is 1.50 bits per heavy atom. The van der Waals surface area contributed by atoms with Crippen LogP contribution in [0.15, 0.2) is 18.4 Å². The lowest BCUT2D eigenvalue weighted by Gasteiger charge is -2.32.